The SMILES string of the molecule is CC/C=C\C/C=C\C/C=C\C/C=C\C/C=C\C/C=C\CCCCCCC(=O)OCC(COC(=O)CCCCCCCCCCC/C=C\C/C=C\CCCCC)OC(=O)CCCCCCCCC/C=C\C/C=C\C/C=C\C/C=C\C/C=C\CC. The minimum atomic E-state index is -0.807. The van der Waals surface area contributed by atoms with Gasteiger partial charge in [-0.25, -0.2) is 0 Å². The highest BCUT2D eigenvalue weighted by atomic mass is 16.6. The number of esters is 3. The van der Waals surface area contributed by atoms with Crippen LogP contribution in [0.5, 0.6) is 0 Å². The smallest absolute Gasteiger partial charge is 0.306 e. The van der Waals surface area contributed by atoms with Crippen molar-refractivity contribution in [3.63, 3.8) is 0 Å². The van der Waals surface area contributed by atoms with E-state index in [1.807, 2.05) is 0 Å². The van der Waals surface area contributed by atoms with Gasteiger partial charge in [-0.3, -0.25) is 14.4 Å². The van der Waals surface area contributed by atoms with E-state index in [1.165, 1.54) is 89.9 Å². The maximum atomic E-state index is 13.0. The Morgan fingerprint density at radius 2 is 0.470 bits per heavy atom. The molecule has 0 bridgehead atoms. The molecule has 0 rings (SSSR count). The second-order valence-corrected chi connectivity index (χ2v) is 22.0. The summed E-state index contributed by atoms with van der Waals surface area (Å²) in [4.78, 5) is 38.5. The van der Waals surface area contributed by atoms with Crippen molar-refractivity contribution in [1.29, 1.82) is 0 Å². The number of hydrogen-bond acceptors (Lipinski definition) is 6. The molecule has 0 radical (unpaired) electrons. The predicted molar refractivity (Wildman–Crippen MR) is 362 cm³/mol. The van der Waals surface area contributed by atoms with Gasteiger partial charge in [-0.1, -0.05) is 281 Å². The molecule has 6 heteroatoms. The zero-order chi connectivity index (χ0) is 59.9. The minimum absolute atomic E-state index is 0.0992. The topological polar surface area (TPSA) is 78.9 Å². The second kappa shape index (κ2) is 69.5. The van der Waals surface area contributed by atoms with Crippen LogP contribution in [0.15, 0.2) is 158 Å². The molecule has 83 heavy (non-hydrogen) atoms. The highest BCUT2D eigenvalue weighted by Crippen LogP contribution is 2.15. The number of hydrogen-bond donors (Lipinski definition) is 0. The monoisotopic (exact) mass is 1140 g/mol. The first-order chi connectivity index (χ1) is 41.0. The first kappa shape index (κ1) is 78.0. The van der Waals surface area contributed by atoms with Gasteiger partial charge in [0.1, 0.15) is 13.2 Å². The minimum Gasteiger partial charge on any atom is -0.462 e. The Balaban J connectivity index is 4.50. The number of rotatable bonds is 60. The van der Waals surface area contributed by atoms with Crippen LogP contribution in [0.4, 0.5) is 0 Å². The molecule has 0 aromatic carbocycles. The van der Waals surface area contributed by atoms with Crippen LogP contribution in [-0.4, -0.2) is 37.2 Å². The molecule has 0 aliphatic rings. The Morgan fingerprint density at radius 1 is 0.253 bits per heavy atom. The molecule has 6 nitrogen and oxygen atoms in total. The molecule has 1 atom stereocenters. The van der Waals surface area contributed by atoms with Gasteiger partial charge in [0, 0.05) is 19.3 Å². The fourth-order valence-electron chi connectivity index (χ4n) is 8.97. The molecular formula is C77H124O6. The predicted octanol–water partition coefficient (Wildman–Crippen LogP) is 23.7. The molecule has 0 spiro atoms. The highest BCUT2D eigenvalue weighted by molar-refractivity contribution is 5.71. The molecule has 0 heterocycles. The van der Waals surface area contributed by atoms with Gasteiger partial charge < -0.3 is 14.2 Å². The van der Waals surface area contributed by atoms with Crippen LogP contribution in [0.1, 0.15) is 290 Å². The summed E-state index contributed by atoms with van der Waals surface area (Å²) in [5, 5.41) is 0. The van der Waals surface area contributed by atoms with E-state index < -0.39 is 6.10 Å². The van der Waals surface area contributed by atoms with Crippen molar-refractivity contribution in [2.75, 3.05) is 13.2 Å². The molecular weight excluding hydrogens is 1020 g/mol. The van der Waals surface area contributed by atoms with Crippen molar-refractivity contribution in [2.24, 2.45) is 0 Å². The maximum Gasteiger partial charge on any atom is 0.306 e. The summed E-state index contributed by atoms with van der Waals surface area (Å²) in [6.45, 7) is 6.37. The van der Waals surface area contributed by atoms with Crippen LogP contribution in [0.3, 0.4) is 0 Å². The van der Waals surface area contributed by atoms with Crippen LogP contribution in [0, 0.1) is 0 Å². The molecule has 0 saturated carbocycles. The normalized spacial score (nSPS) is 13.1. The zero-order valence-corrected chi connectivity index (χ0v) is 53.7. The van der Waals surface area contributed by atoms with Gasteiger partial charge in [0.25, 0.3) is 0 Å². The molecule has 0 amide bonds. The molecule has 468 valence electrons. The van der Waals surface area contributed by atoms with E-state index in [-0.39, 0.29) is 31.1 Å². The molecule has 0 N–H and O–H groups in total. The third-order valence-electron chi connectivity index (χ3n) is 14.0. The van der Waals surface area contributed by atoms with Crippen molar-refractivity contribution in [3.05, 3.63) is 158 Å². The molecule has 1 unspecified atom stereocenters. The standard InChI is InChI=1S/C77H124O6/c1-4-7-10-13-16-19-22-25-28-31-34-36-38-40-43-46-49-52-55-58-61-64-67-70-76(79)82-73-74(72-81-75(78)69-66-63-60-57-54-51-48-45-42-33-30-27-24-21-18-15-12-9-6-3)83-77(80)71-68-65-62-59-56-53-50-47-44-41-39-37-35-32-29-26-23-20-17-14-11-8-5-2/h7-8,10-11,16-21,25-30,34-37,40-41,43-44,49,52,74H,4-6,9,12-15,22-24,31-33,38-39,42,45-48,50-51,53-73H2,1-3H3/b10-7-,11-8-,19-16-,20-17-,21-18-,28-25-,29-26-,30-27-,36-34-,37-35-,43-40-,44-41-,52-49-. The Hall–Kier alpha value is -4.97. The van der Waals surface area contributed by atoms with Crippen molar-refractivity contribution in [1.82, 2.24) is 0 Å². The first-order valence-electron chi connectivity index (χ1n) is 34.0. The highest BCUT2D eigenvalue weighted by Gasteiger charge is 2.19. The second-order valence-electron chi connectivity index (χ2n) is 22.0. The van der Waals surface area contributed by atoms with Crippen molar-refractivity contribution in [3.8, 4) is 0 Å². The molecule has 0 aromatic rings. The Kier molecular flexibility index (Phi) is 65.4. The summed E-state index contributed by atoms with van der Waals surface area (Å²) >= 11 is 0. The summed E-state index contributed by atoms with van der Waals surface area (Å²) in [5.41, 5.74) is 0. The number of ether oxygens (including phenoxy) is 3. The van der Waals surface area contributed by atoms with Crippen LogP contribution in [0.25, 0.3) is 0 Å². The van der Waals surface area contributed by atoms with Gasteiger partial charge in [0.2, 0.25) is 0 Å². The lowest BCUT2D eigenvalue weighted by Gasteiger charge is -2.18. The third kappa shape index (κ3) is 67.7. The van der Waals surface area contributed by atoms with Gasteiger partial charge in [0.05, 0.1) is 0 Å². The molecule has 0 aliphatic heterocycles. The largest absolute Gasteiger partial charge is 0.462 e. The van der Waals surface area contributed by atoms with E-state index in [0.717, 1.165) is 161 Å². The quantitative estimate of drug-likeness (QED) is 0.0261. The summed E-state index contributed by atoms with van der Waals surface area (Å²) in [5.74, 6) is -0.938. The van der Waals surface area contributed by atoms with Crippen LogP contribution in [0.2, 0.25) is 0 Å². The fraction of sp³-hybridized carbons (Fsp3) is 0.623. The van der Waals surface area contributed by atoms with E-state index in [0.29, 0.717) is 19.3 Å². The van der Waals surface area contributed by atoms with E-state index in [1.54, 1.807) is 0 Å². The maximum absolute atomic E-state index is 13.0. The molecule has 0 aliphatic carbocycles. The fourth-order valence-corrected chi connectivity index (χ4v) is 8.97. The Labute approximate surface area is 511 Å². The van der Waals surface area contributed by atoms with Crippen LogP contribution >= 0.6 is 0 Å². The first-order valence-corrected chi connectivity index (χ1v) is 34.0. The number of carbonyl (C=O) groups is 3. The van der Waals surface area contributed by atoms with Gasteiger partial charge in [-0.05, 0) is 148 Å². The lowest BCUT2D eigenvalue weighted by Crippen LogP contribution is -2.30. The third-order valence-corrected chi connectivity index (χ3v) is 14.0. The van der Waals surface area contributed by atoms with Crippen LogP contribution < -0.4 is 0 Å². The van der Waals surface area contributed by atoms with E-state index >= 15 is 0 Å². The Morgan fingerprint density at radius 3 is 0.735 bits per heavy atom. The average Bonchev–Trinajstić information content (AvgIpc) is 3.49. The summed E-state index contributed by atoms with van der Waals surface area (Å²) in [7, 11) is 0. The molecule has 0 saturated heterocycles. The summed E-state index contributed by atoms with van der Waals surface area (Å²) in [6, 6.07) is 0. The van der Waals surface area contributed by atoms with Gasteiger partial charge in [-0.2, -0.15) is 0 Å². The number of unbranched alkanes of at least 4 members (excludes halogenated alkanes) is 23. The van der Waals surface area contributed by atoms with Crippen molar-refractivity contribution < 1.29 is 28.6 Å². The zero-order valence-electron chi connectivity index (χ0n) is 53.7. The van der Waals surface area contributed by atoms with E-state index in [4.69, 9.17) is 14.2 Å². The van der Waals surface area contributed by atoms with Crippen molar-refractivity contribution >= 4 is 17.9 Å². The number of allylic oxidation sites excluding steroid dienone is 26. The van der Waals surface area contributed by atoms with Gasteiger partial charge in [-0.15, -0.1) is 0 Å². The van der Waals surface area contributed by atoms with Crippen LogP contribution in [-0.2, 0) is 28.6 Å². The Bertz CT molecular complexity index is 1840. The lowest BCUT2D eigenvalue weighted by molar-refractivity contribution is -0.167. The van der Waals surface area contributed by atoms with Gasteiger partial charge in [0.15, 0.2) is 6.10 Å². The van der Waals surface area contributed by atoms with E-state index in [9.17, 15) is 14.4 Å². The number of carbonyl (C=O) groups excluding carboxylic acids is 3. The van der Waals surface area contributed by atoms with E-state index in [2.05, 4.69) is 179 Å². The molecule has 0 fully saturated rings. The van der Waals surface area contributed by atoms with Crippen molar-refractivity contribution in [2.45, 2.75) is 297 Å². The van der Waals surface area contributed by atoms with Gasteiger partial charge >= 0.3 is 17.9 Å². The lowest BCUT2D eigenvalue weighted by atomic mass is 10.1. The summed E-state index contributed by atoms with van der Waals surface area (Å²) in [6.07, 6.45) is 101. The average molecular weight is 1150 g/mol. The summed E-state index contributed by atoms with van der Waals surface area (Å²) < 4.78 is 17.0. The molecule has 0 aromatic heterocycles.